The van der Waals surface area contributed by atoms with Crippen LogP contribution < -0.4 is 10.6 Å². The van der Waals surface area contributed by atoms with Gasteiger partial charge in [0.15, 0.2) is 0 Å². The quantitative estimate of drug-likeness (QED) is 0.101. The number of benzene rings is 2. The standard InChI is InChI=1S/C41H59N3O6/c1-11-13-14-15-16-22-27-44(37(46)34(29(3)4)43-39(48)50-41(8,9)10)35(32-26-21-20-25-31(32)12-2)36(45)42-33(38(47)49-40(5,6)7)28-30-23-18-17-19-24-30/h2,17-21,23-26,29,33-35H,11,13-16,22,27-28H2,1,3-10H3,(H,42,45)(H,43,48). The maximum Gasteiger partial charge on any atom is 0.408 e. The molecule has 2 N–H and O–H groups in total. The number of ether oxygens (including phenoxy) is 2. The first-order chi connectivity index (χ1) is 23.5. The summed E-state index contributed by atoms with van der Waals surface area (Å²) in [6, 6.07) is 13.0. The van der Waals surface area contributed by atoms with Crippen molar-refractivity contribution in [3.05, 3.63) is 71.3 Å². The molecular formula is C41H59N3O6. The lowest BCUT2D eigenvalue weighted by Gasteiger charge is -2.36. The predicted octanol–water partition coefficient (Wildman–Crippen LogP) is 7.52. The zero-order valence-corrected chi connectivity index (χ0v) is 31.6. The average molecular weight is 690 g/mol. The number of carbonyl (C=O) groups is 4. The Bertz CT molecular complexity index is 1430. The number of terminal acetylenes is 1. The molecule has 3 atom stereocenters. The lowest BCUT2D eigenvalue weighted by atomic mass is 9.95. The fraction of sp³-hybridized carbons (Fsp3) is 0.561. The van der Waals surface area contributed by atoms with Crippen molar-refractivity contribution < 1.29 is 28.7 Å². The molecule has 0 saturated heterocycles. The first-order valence-corrected chi connectivity index (χ1v) is 17.9. The Labute approximate surface area is 300 Å². The highest BCUT2D eigenvalue weighted by Crippen LogP contribution is 2.28. The number of amides is 3. The Morgan fingerprint density at radius 2 is 1.38 bits per heavy atom. The zero-order valence-electron chi connectivity index (χ0n) is 31.6. The predicted molar refractivity (Wildman–Crippen MR) is 198 cm³/mol. The highest BCUT2D eigenvalue weighted by atomic mass is 16.6. The molecule has 0 aliphatic heterocycles. The molecule has 50 heavy (non-hydrogen) atoms. The second-order valence-corrected chi connectivity index (χ2v) is 15.1. The maximum atomic E-state index is 14.7. The Kier molecular flexibility index (Phi) is 16.5. The van der Waals surface area contributed by atoms with Crippen molar-refractivity contribution in [1.29, 1.82) is 0 Å². The number of hydrogen-bond acceptors (Lipinski definition) is 6. The van der Waals surface area contributed by atoms with Gasteiger partial charge in [-0.1, -0.05) is 107 Å². The van der Waals surface area contributed by atoms with Gasteiger partial charge in [0.2, 0.25) is 11.8 Å². The van der Waals surface area contributed by atoms with Gasteiger partial charge in [0.1, 0.15) is 29.3 Å². The zero-order chi connectivity index (χ0) is 37.5. The van der Waals surface area contributed by atoms with Crippen molar-refractivity contribution in [2.45, 2.75) is 137 Å². The molecule has 2 aromatic carbocycles. The van der Waals surface area contributed by atoms with Crippen molar-refractivity contribution in [3.63, 3.8) is 0 Å². The van der Waals surface area contributed by atoms with E-state index in [2.05, 4.69) is 23.5 Å². The highest BCUT2D eigenvalue weighted by Gasteiger charge is 2.39. The molecule has 0 aliphatic rings. The molecule has 2 aromatic rings. The van der Waals surface area contributed by atoms with Gasteiger partial charge in [-0.3, -0.25) is 9.59 Å². The second-order valence-electron chi connectivity index (χ2n) is 15.1. The van der Waals surface area contributed by atoms with E-state index in [-0.39, 0.29) is 18.9 Å². The van der Waals surface area contributed by atoms with Crippen LogP contribution in [0.3, 0.4) is 0 Å². The molecule has 274 valence electrons. The van der Waals surface area contributed by atoms with Crippen LogP contribution in [-0.2, 0) is 30.3 Å². The van der Waals surface area contributed by atoms with Gasteiger partial charge in [0.05, 0.1) is 0 Å². The SMILES string of the molecule is C#Cc1ccccc1C(C(=O)NC(Cc1ccccc1)C(=O)OC(C)(C)C)N(CCCCCCCC)C(=O)C(NC(=O)OC(C)(C)C)C(C)C. The minimum Gasteiger partial charge on any atom is -0.458 e. The molecule has 0 aromatic heterocycles. The second kappa shape index (κ2) is 19.8. The molecule has 9 heteroatoms. The lowest BCUT2D eigenvalue weighted by molar-refractivity contribution is -0.159. The van der Waals surface area contributed by atoms with Crippen LogP contribution >= 0.6 is 0 Å². The van der Waals surface area contributed by atoms with Crippen molar-refractivity contribution >= 4 is 23.9 Å². The van der Waals surface area contributed by atoms with E-state index >= 15 is 0 Å². The molecule has 0 aliphatic carbocycles. The van der Waals surface area contributed by atoms with Crippen molar-refractivity contribution in [3.8, 4) is 12.3 Å². The van der Waals surface area contributed by atoms with Gasteiger partial charge in [0.25, 0.3) is 0 Å². The fourth-order valence-corrected chi connectivity index (χ4v) is 5.54. The summed E-state index contributed by atoms with van der Waals surface area (Å²) < 4.78 is 11.3. The summed E-state index contributed by atoms with van der Waals surface area (Å²) in [4.78, 5) is 57.5. The van der Waals surface area contributed by atoms with Gasteiger partial charge in [0, 0.05) is 18.5 Å². The summed E-state index contributed by atoms with van der Waals surface area (Å²) >= 11 is 0. The summed E-state index contributed by atoms with van der Waals surface area (Å²) in [6.45, 7) is 16.6. The van der Waals surface area contributed by atoms with E-state index in [1.54, 1.807) is 65.8 Å². The van der Waals surface area contributed by atoms with Crippen LogP contribution in [0, 0.1) is 18.3 Å². The van der Waals surface area contributed by atoms with Gasteiger partial charge in [-0.25, -0.2) is 9.59 Å². The minimum atomic E-state index is -1.22. The summed E-state index contributed by atoms with van der Waals surface area (Å²) in [7, 11) is 0. The van der Waals surface area contributed by atoms with E-state index in [0.717, 1.165) is 37.7 Å². The highest BCUT2D eigenvalue weighted by molar-refractivity contribution is 5.94. The summed E-state index contributed by atoms with van der Waals surface area (Å²) in [5.41, 5.74) is 0.117. The molecule has 0 fully saturated rings. The van der Waals surface area contributed by atoms with E-state index in [4.69, 9.17) is 15.9 Å². The van der Waals surface area contributed by atoms with Crippen LogP contribution in [0.1, 0.15) is 124 Å². The van der Waals surface area contributed by atoms with Gasteiger partial charge in [-0.05, 0) is 71.1 Å². The van der Waals surface area contributed by atoms with Gasteiger partial charge >= 0.3 is 12.1 Å². The average Bonchev–Trinajstić information content (AvgIpc) is 3.02. The van der Waals surface area contributed by atoms with Crippen LogP contribution in [0.2, 0.25) is 0 Å². The molecule has 0 bridgehead atoms. The van der Waals surface area contributed by atoms with Crippen LogP contribution in [-0.4, -0.2) is 58.6 Å². The molecule has 0 radical (unpaired) electrons. The number of esters is 1. The van der Waals surface area contributed by atoms with E-state index in [0.29, 0.717) is 17.5 Å². The third kappa shape index (κ3) is 14.3. The van der Waals surface area contributed by atoms with Crippen LogP contribution in [0.5, 0.6) is 0 Å². The molecule has 3 amide bonds. The normalized spacial score (nSPS) is 13.4. The Morgan fingerprint density at radius 3 is 1.96 bits per heavy atom. The largest absolute Gasteiger partial charge is 0.458 e. The van der Waals surface area contributed by atoms with E-state index < -0.39 is 53.2 Å². The molecule has 9 nitrogen and oxygen atoms in total. The smallest absolute Gasteiger partial charge is 0.408 e. The first-order valence-electron chi connectivity index (χ1n) is 17.9. The molecule has 0 spiro atoms. The summed E-state index contributed by atoms with van der Waals surface area (Å²) in [5.74, 6) is 0.689. The number of hydrogen-bond donors (Lipinski definition) is 2. The Morgan fingerprint density at radius 1 is 0.800 bits per heavy atom. The number of nitrogens with one attached hydrogen (secondary N) is 2. The van der Waals surface area contributed by atoms with Gasteiger partial charge in [-0.2, -0.15) is 0 Å². The van der Waals surface area contributed by atoms with Crippen LogP contribution in [0.4, 0.5) is 4.79 Å². The monoisotopic (exact) mass is 689 g/mol. The third-order valence-corrected chi connectivity index (χ3v) is 7.90. The van der Waals surface area contributed by atoms with Crippen molar-refractivity contribution in [2.75, 3.05) is 6.54 Å². The van der Waals surface area contributed by atoms with E-state index in [9.17, 15) is 19.2 Å². The number of unbranched alkanes of at least 4 members (excludes halogenated alkanes) is 5. The number of alkyl carbamates (subject to hydrolysis) is 1. The van der Waals surface area contributed by atoms with Gasteiger partial charge in [-0.15, -0.1) is 6.42 Å². The topological polar surface area (TPSA) is 114 Å². The fourth-order valence-electron chi connectivity index (χ4n) is 5.54. The van der Waals surface area contributed by atoms with E-state index in [1.807, 2.05) is 44.2 Å². The van der Waals surface area contributed by atoms with Crippen molar-refractivity contribution in [1.82, 2.24) is 15.5 Å². The van der Waals surface area contributed by atoms with Gasteiger partial charge < -0.3 is 25.0 Å². The Hall–Kier alpha value is -4.32. The van der Waals surface area contributed by atoms with Crippen LogP contribution in [0.25, 0.3) is 0 Å². The minimum absolute atomic E-state index is 0.172. The summed E-state index contributed by atoms with van der Waals surface area (Å²) in [5, 5.41) is 5.71. The number of nitrogens with zero attached hydrogens (tertiary/aromatic N) is 1. The van der Waals surface area contributed by atoms with Crippen molar-refractivity contribution in [2.24, 2.45) is 5.92 Å². The maximum absolute atomic E-state index is 14.7. The Balaban J connectivity index is 2.67. The molecule has 2 rings (SSSR count). The lowest BCUT2D eigenvalue weighted by Crippen LogP contribution is -2.56. The molecule has 3 unspecified atom stereocenters. The molecular weight excluding hydrogens is 630 g/mol. The summed E-state index contributed by atoms with van der Waals surface area (Å²) in [6.07, 6.45) is 11.1. The molecule has 0 heterocycles. The molecule has 0 saturated carbocycles. The van der Waals surface area contributed by atoms with E-state index in [1.165, 1.54) is 4.90 Å². The van der Waals surface area contributed by atoms with Crippen LogP contribution in [0.15, 0.2) is 54.6 Å². The number of carbonyl (C=O) groups excluding carboxylic acids is 4. The first kappa shape index (κ1) is 41.8. The third-order valence-electron chi connectivity index (χ3n) is 7.90. The number of rotatable bonds is 17.